The van der Waals surface area contributed by atoms with Crippen LogP contribution >= 0.6 is 11.3 Å². The molecule has 110 valence electrons. The molecule has 0 aliphatic carbocycles. The Labute approximate surface area is 128 Å². The van der Waals surface area contributed by atoms with Crippen LogP contribution in [0.5, 0.6) is 0 Å². The van der Waals surface area contributed by atoms with E-state index in [9.17, 15) is 9.90 Å². The first-order valence-corrected chi connectivity index (χ1v) is 8.05. The number of aromatic carboxylic acids is 1. The van der Waals surface area contributed by atoms with Gasteiger partial charge in [0, 0.05) is 25.0 Å². The maximum Gasteiger partial charge on any atom is 0.335 e. The van der Waals surface area contributed by atoms with Gasteiger partial charge < -0.3 is 5.11 Å². The average molecular weight is 302 g/mol. The highest BCUT2D eigenvalue weighted by molar-refractivity contribution is 7.09. The molecule has 2 heterocycles. The number of carboxylic acid groups (broad SMARTS) is 1. The summed E-state index contributed by atoms with van der Waals surface area (Å²) in [5.41, 5.74) is 3.70. The van der Waals surface area contributed by atoms with Gasteiger partial charge in [0.25, 0.3) is 0 Å². The van der Waals surface area contributed by atoms with E-state index in [-0.39, 0.29) is 0 Å². The number of carboxylic acids is 1. The third-order valence-corrected chi connectivity index (χ3v) is 4.90. The van der Waals surface area contributed by atoms with Crippen LogP contribution in [0.1, 0.15) is 39.1 Å². The van der Waals surface area contributed by atoms with E-state index in [4.69, 9.17) is 0 Å². The molecule has 0 fully saturated rings. The summed E-state index contributed by atoms with van der Waals surface area (Å²) >= 11 is 1.71. The first kappa shape index (κ1) is 14.2. The third-order valence-electron chi connectivity index (χ3n) is 3.86. The van der Waals surface area contributed by atoms with Gasteiger partial charge in [-0.2, -0.15) is 0 Å². The van der Waals surface area contributed by atoms with Crippen LogP contribution in [-0.4, -0.2) is 27.5 Å². The van der Waals surface area contributed by atoms with Crippen molar-refractivity contribution in [3.63, 3.8) is 0 Å². The van der Waals surface area contributed by atoms with Crippen LogP contribution in [0.2, 0.25) is 0 Å². The Bertz CT molecular complexity index is 666. The second kappa shape index (κ2) is 5.95. The van der Waals surface area contributed by atoms with Gasteiger partial charge in [-0.25, -0.2) is 9.78 Å². The summed E-state index contributed by atoms with van der Waals surface area (Å²) in [6, 6.07) is 5.57. The van der Waals surface area contributed by atoms with E-state index in [1.54, 1.807) is 17.4 Å². The Morgan fingerprint density at radius 2 is 2.33 bits per heavy atom. The molecule has 3 rings (SSSR count). The smallest absolute Gasteiger partial charge is 0.335 e. The number of hydrogen-bond acceptors (Lipinski definition) is 4. The van der Waals surface area contributed by atoms with Crippen molar-refractivity contribution >= 4 is 17.3 Å². The van der Waals surface area contributed by atoms with Crippen LogP contribution in [0.3, 0.4) is 0 Å². The predicted molar refractivity (Wildman–Crippen MR) is 82.7 cm³/mol. The number of fused-ring (bicyclic) bond motifs is 1. The lowest BCUT2D eigenvalue weighted by atomic mass is 9.94. The Morgan fingerprint density at radius 1 is 1.48 bits per heavy atom. The SMILES string of the molecule is CCc1nc(CN2CCc3c(cccc3C(=O)O)C2)cs1. The molecule has 1 aromatic heterocycles. The highest BCUT2D eigenvalue weighted by atomic mass is 32.1. The van der Waals surface area contributed by atoms with Crippen molar-refractivity contribution < 1.29 is 9.90 Å². The molecular formula is C16H18N2O2S. The topological polar surface area (TPSA) is 53.4 Å². The number of nitrogens with zero attached hydrogens (tertiary/aromatic N) is 2. The van der Waals surface area contributed by atoms with E-state index >= 15 is 0 Å². The molecule has 0 saturated carbocycles. The first-order chi connectivity index (χ1) is 10.2. The Hall–Kier alpha value is -1.72. The van der Waals surface area contributed by atoms with Gasteiger partial charge >= 0.3 is 5.97 Å². The zero-order chi connectivity index (χ0) is 14.8. The number of thiazole rings is 1. The van der Waals surface area contributed by atoms with Gasteiger partial charge in [-0.05, 0) is 30.0 Å². The molecule has 2 aromatic rings. The molecule has 1 aliphatic rings. The minimum Gasteiger partial charge on any atom is -0.478 e. The van der Waals surface area contributed by atoms with E-state index < -0.39 is 5.97 Å². The van der Waals surface area contributed by atoms with Crippen LogP contribution in [0.25, 0.3) is 0 Å². The lowest BCUT2D eigenvalue weighted by Crippen LogP contribution is -2.31. The monoisotopic (exact) mass is 302 g/mol. The Kier molecular flexibility index (Phi) is 4.03. The standard InChI is InChI=1S/C16H18N2O2S/c1-2-15-17-12(10-21-15)9-18-7-6-13-11(8-18)4-3-5-14(13)16(19)20/h3-5,10H,2,6-9H2,1H3,(H,19,20). The fraction of sp³-hybridized carbons (Fsp3) is 0.375. The summed E-state index contributed by atoms with van der Waals surface area (Å²) in [6.45, 7) is 4.64. The normalized spacial score (nSPS) is 14.9. The van der Waals surface area contributed by atoms with Crippen molar-refractivity contribution in [3.05, 3.63) is 51.0 Å². The average Bonchev–Trinajstić information content (AvgIpc) is 2.94. The molecule has 1 aliphatic heterocycles. The molecule has 0 bridgehead atoms. The zero-order valence-electron chi connectivity index (χ0n) is 12.0. The van der Waals surface area contributed by atoms with Gasteiger partial charge in [-0.3, -0.25) is 4.90 Å². The van der Waals surface area contributed by atoms with Crippen molar-refractivity contribution in [2.75, 3.05) is 6.54 Å². The largest absolute Gasteiger partial charge is 0.478 e. The molecule has 21 heavy (non-hydrogen) atoms. The Balaban J connectivity index is 1.75. The van der Waals surface area contributed by atoms with E-state index in [1.807, 2.05) is 12.1 Å². The predicted octanol–water partition coefficient (Wildman–Crippen LogP) is 2.96. The number of benzene rings is 1. The maximum absolute atomic E-state index is 11.3. The Morgan fingerprint density at radius 3 is 3.05 bits per heavy atom. The van der Waals surface area contributed by atoms with Gasteiger partial charge in [-0.1, -0.05) is 19.1 Å². The number of carbonyl (C=O) groups is 1. The van der Waals surface area contributed by atoms with Crippen molar-refractivity contribution in [2.45, 2.75) is 32.9 Å². The summed E-state index contributed by atoms with van der Waals surface area (Å²) in [7, 11) is 0. The minimum absolute atomic E-state index is 0.453. The van der Waals surface area contributed by atoms with Crippen LogP contribution in [0.4, 0.5) is 0 Å². The van der Waals surface area contributed by atoms with Gasteiger partial charge in [0.15, 0.2) is 0 Å². The second-order valence-corrected chi connectivity index (χ2v) is 6.24. The molecule has 5 heteroatoms. The molecule has 0 amide bonds. The molecule has 4 nitrogen and oxygen atoms in total. The number of aryl methyl sites for hydroxylation is 1. The zero-order valence-corrected chi connectivity index (χ0v) is 12.8. The minimum atomic E-state index is -0.826. The fourth-order valence-electron chi connectivity index (χ4n) is 2.82. The van der Waals surface area contributed by atoms with Crippen LogP contribution in [0, 0.1) is 0 Å². The number of aromatic nitrogens is 1. The van der Waals surface area contributed by atoms with Crippen LogP contribution in [-0.2, 0) is 25.9 Å². The van der Waals surface area contributed by atoms with E-state index in [1.165, 1.54) is 5.01 Å². The number of hydrogen-bond donors (Lipinski definition) is 1. The number of rotatable bonds is 4. The van der Waals surface area contributed by atoms with Crippen molar-refractivity contribution in [1.82, 2.24) is 9.88 Å². The summed E-state index contributed by atoms with van der Waals surface area (Å²) in [5, 5.41) is 12.6. The summed E-state index contributed by atoms with van der Waals surface area (Å²) in [5.74, 6) is -0.826. The van der Waals surface area contributed by atoms with E-state index in [0.717, 1.165) is 49.3 Å². The van der Waals surface area contributed by atoms with Crippen LogP contribution < -0.4 is 0 Å². The summed E-state index contributed by atoms with van der Waals surface area (Å²) < 4.78 is 0. The quantitative estimate of drug-likeness (QED) is 0.943. The van der Waals surface area contributed by atoms with Gasteiger partial charge in [0.2, 0.25) is 0 Å². The van der Waals surface area contributed by atoms with Gasteiger partial charge in [-0.15, -0.1) is 11.3 Å². The van der Waals surface area contributed by atoms with Crippen molar-refractivity contribution in [3.8, 4) is 0 Å². The van der Waals surface area contributed by atoms with Gasteiger partial charge in [0.05, 0.1) is 16.3 Å². The summed E-state index contributed by atoms with van der Waals surface area (Å²) in [6.07, 6.45) is 1.78. The molecule has 0 unspecified atom stereocenters. The van der Waals surface area contributed by atoms with Crippen molar-refractivity contribution in [2.24, 2.45) is 0 Å². The molecule has 0 saturated heterocycles. The fourth-order valence-corrected chi connectivity index (χ4v) is 3.55. The third kappa shape index (κ3) is 2.99. The highest BCUT2D eigenvalue weighted by Gasteiger charge is 2.21. The van der Waals surface area contributed by atoms with Crippen molar-refractivity contribution in [1.29, 1.82) is 0 Å². The highest BCUT2D eigenvalue weighted by Crippen LogP contribution is 2.24. The molecular weight excluding hydrogens is 284 g/mol. The lowest BCUT2D eigenvalue weighted by Gasteiger charge is -2.28. The summed E-state index contributed by atoms with van der Waals surface area (Å²) in [4.78, 5) is 18.2. The van der Waals surface area contributed by atoms with E-state index in [0.29, 0.717) is 5.56 Å². The molecule has 1 N–H and O–H groups in total. The molecule has 1 aromatic carbocycles. The maximum atomic E-state index is 11.3. The molecule has 0 radical (unpaired) electrons. The second-order valence-electron chi connectivity index (χ2n) is 5.30. The van der Waals surface area contributed by atoms with E-state index in [2.05, 4.69) is 22.2 Å². The first-order valence-electron chi connectivity index (χ1n) is 7.17. The molecule has 0 spiro atoms. The van der Waals surface area contributed by atoms with Gasteiger partial charge in [0.1, 0.15) is 0 Å². The molecule has 0 atom stereocenters. The van der Waals surface area contributed by atoms with Crippen LogP contribution in [0.15, 0.2) is 23.6 Å². The lowest BCUT2D eigenvalue weighted by molar-refractivity contribution is 0.0694.